The van der Waals surface area contributed by atoms with Gasteiger partial charge in [-0.2, -0.15) is 0 Å². The smallest absolute Gasteiger partial charge is 0.315 e. The van der Waals surface area contributed by atoms with Crippen molar-refractivity contribution in [3.8, 4) is 11.5 Å². The molecule has 3 aromatic rings. The van der Waals surface area contributed by atoms with Gasteiger partial charge in [0.25, 0.3) is 0 Å². The van der Waals surface area contributed by atoms with Crippen LogP contribution in [-0.2, 0) is 0 Å². The minimum atomic E-state index is 0.0253. The average Bonchev–Trinajstić information content (AvgIpc) is 3.20. The molecule has 1 aromatic carbocycles. The first-order chi connectivity index (χ1) is 11.5. The monoisotopic (exact) mass is 402 g/mol. The summed E-state index contributed by atoms with van der Waals surface area (Å²) < 4.78 is 10.7. The van der Waals surface area contributed by atoms with Crippen molar-refractivity contribution in [3.63, 3.8) is 0 Å². The molecule has 2 aromatic heterocycles. The van der Waals surface area contributed by atoms with E-state index in [-0.39, 0.29) is 11.5 Å². The van der Waals surface area contributed by atoms with Crippen molar-refractivity contribution in [2.75, 3.05) is 26.2 Å². The first-order valence-electron chi connectivity index (χ1n) is 8.12. The molecule has 4 nitrogen and oxygen atoms in total. The van der Waals surface area contributed by atoms with E-state index in [1.807, 2.05) is 0 Å². The Morgan fingerprint density at radius 3 is 1.17 bits per heavy atom. The van der Waals surface area contributed by atoms with E-state index in [4.69, 9.17) is 0 Å². The summed E-state index contributed by atoms with van der Waals surface area (Å²) in [6, 6.07) is 0. The molecular formula is C16H22N2O2S4+2. The molecule has 0 aliphatic heterocycles. The van der Waals surface area contributed by atoms with E-state index in [1.54, 1.807) is 45.3 Å². The molecule has 0 aliphatic rings. The zero-order valence-electron chi connectivity index (χ0n) is 14.3. The Kier molecular flexibility index (Phi) is 5.29. The van der Waals surface area contributed by atoms with Gasteiger partial charge in [0.2, 0.25) is 0 Å². The number of fused-ring (bicyclic) bond motifs is 3. The number of hydrogen-bond donors (Lipinski definition) is 2. The van der Waals surface area contributed by atoms with Gasteiger partial charge in [0.05, 0.1) is 18.8 Å². The largest absolute Gasteiger partial charge is 0.503 e. The Labute approximate surface area is 156 Å². The SMILES string of the molecule is CC[N+](CC)=c1sc2c(O)c(O)c3sc(=[N+](CC)CC)sc3c2s1. The number of benzene rings is 1. The Morgan fingerprint density at radius 1 is 0.583 bits per heavy atom. The molecule has 3 rings (SSSR count). The van der Waals surface area contributed by atoms with Crippen LogP contribution in [0.25, 0.3) is 18.8 Å². The van der Waals surface area contributed by atoms with Crippen LogP contribution in [0.15, 0.2) is 0 Å². The number of nitrogens with zero attached hydrogens (tertiary/aromatic N) is 2. The molecule has 0 radical (unpaired) electrons. The lowest BCUT2D eigenvalue weighted by atomic mass is 10.3. The standard InChI is InChI=1S/C16H20N2O2S4/c1-5-17(6-2)15-21-11-9(19)10(20)12-14(13(11)23-15)24-16(22-12)18(7-3)8-4/h5-8H2,1-4H3/p+2. The minimum absolute atomic E-state index is 0.0253. The second-order valence-electron chi connectivity index (χ2n) is 5.30. The fourth-order valence-corrected chi connectivity index (χ4v) is 8.63. The van der Waals surface area contributed by atoms with Gasteiger partial charge in [-0.3, -0.25) is 0 Å². The van der Waals surface area contributed by atoms with Crippen LogP contribution in [0, 0.1) is 0 Å². The van der Waals surface area contributed by atoms with E-state index in [1.165, 1.54) is 7.97 Å². The second kappa shape index (κ2) is 7.11. The summed E-state index contributed by atoms with van der Waals surface area (Å²) >= 11 is 6.58. The molecule has 0 bridgehead atoms. The maximum absolute atomic E-state index is 10.5. The Hall–Kier alpha value is -0.960. The van der Waals surface area contributed by atoms with E-state index in [0.717, 1.165) is 45.0 Å². The van der Waals surface area contributed by atoms with Gasteiger partial charge in [-0.1, -0.05) is 45.3 Å². The van der Waals surface area contributed by atoms with E-state index < -0.39 is 0 Å². The van der Waals surface area contributed by atoms with E-state index in [2.05, 4.69) is 36.8 Å². The summed E-state index contributed by atoms with van der Waals surface area (Å²) in [5, 5.41) is 21.0. The van der Waals surface area contributed by atoms with Crippen molar-refractivity contribution in [2.24, 2.45) is 0 Å². The van der Waals surface area contributed by atoms with Crippen molar-refractivity contribution in [1.29, 1.82) is 0 Å². The lowest BCUT2D eigenvalue weighted by Crippen LogP contribution is -2.25. The van der Waals surface area contributed by atoms with E-state index in [0.29, 0.717) is 0 Å². The van der Waals surface area contributed by atoms with Gasteiger partial charge in [0.1, 0.15) is 26.2 Å². The molecule has 24 heavy (non-hydrogen) atoms. The van der Waals surface area contributed by atoms with Gasteiger partial charge >= 0.3 is 7.97 Å². The van der Waals surface area contributed by atoms with Crippen molar-refractivity contribution < 1.29 is 10.2 Å². The fourth-order valence-electron chi connectivity index (χ4n) is 2.62. The van der Waals surface area contributed by atoms with Crippen molar-refractivity contribution in [3.05, 3.63) is 7.97 Å². The number of phenols is 2. The highest BCUT2D eigenvalue weighted by atomic mass is 32.2. The van der Waals surface area contributed by atoms with Crippen LogP contribution in [-0.4, -0.2) is 36.4 Å². The first-order valence-corrected chi connectivity index (χ1v) is 11.4. The fraction of sp³-hybridized carbons (Fsp3) is 0.500. The van der Waals surface area contributed by atoms with Crippen LogP contribution in [0.5, 0.6) is 11.5 Å². The third kappa shape index (κ3) is 2.79. The van der Waals surface area contributed by atoms with Crippen LogP contribution in [0.1, 0.15) is 27.7 Å². The van der Waals surface area contributed by atoms with Gasteiger partial charge in [-0.15, -0.1) is 0 Å². The Bertz CT molecular complexity index is 941. The normalized spacial score (nSPS) is 11.5. The second-order valence-corrected chi connectivity index (χ2v) is 9.81. The van der Waals surface area contributed by atoms with Crippen molar-refractivity contribution in [1.82, 2.24) is 9.15 Å². The van der Waals surface area contributed by atoms with Gasteiger partial charge in [0, 0.05) is 0 Å². The number of phenolic OH excluding ortho intramolecular Hbond substituents is 2. The molecule has 2 heterocycles. The van der Waals surface area contributed by atoms with Crippen LogP contribution in [0.3, 0.4) is 0 Å². The van der Waals surface area contributed by atoms with Crippen LogP contribution in [0.4, 0.5) is 0 Å². The molecular weight excluding hydrogens is 380 g/mol. The third-order valence-corrected chi connectivity index (χ3v) is 9.62. The molecule has 130 valence electrons. The molecule has 0 saturated heterocycles. The van der Waals surface area contributed by atoms with Gasteiger partial charge in [-0.25, -0.2) is 9.15 Å². The summed E-state index contributed by atoms with van der Waals surface area (Å²) in [4.78, 5) is 0. The molecule has 0 amide bonds. The molecule has 0 unspecified atom stereocenters. The molecule has 0 saturated carbocycles. The predicted octanol–water partition coefficient (Wildman–Crippen LogP) is 3.27. The van der Waals surface area contributed by atoms with Gasteiger partial charge in [-0.05, 0) is 27.7 Å². The number of aromatic hydroxyl groups is 2. The van der Waals surface area contributed by atoms with Gasteiger partial charge in [0.15, 0.2) is 11.5 Å². The average molecular weight is 403 g/mol. The third-order valence-electron chi connectivity index (χ3n) is 4.07. The van der Waals surface area contributed by atoms with Crippen molar-refractivity contribution in [2.45, 2.75) is 27.7 Å². The van der Waals surface area contributed by atoms with E-state index in [9.17, 15) is 10.2 Å². The first kappa shape index (κ1) is 17.8. The molecule has 0 aliphatic carbocycles. The predicted molar refractivity (Wildman–Crippen MR) is 109 cm³/mol. The molecule has 8 heteroatoms. The maximum Gasteiger partial charge on any atom is 0.315 e. The minimum Gasteiger partial charge on any atom is -0.503 e. The number of rotatable bonds is 4. The maximum atomic E-state index is 10.5. The quantitative estimate of drug-likeness (QED) is 0.520. The lowest BCUT2D eigenvalue weighted by molar-refractivity contribution is 0.414. The van der Waals surface area contributed by atoms with Crippen molar-refractivity contribution >= 4 is 64.1 Å². The Morgan fingerprint density at radius 2 is 0.875 bits per heavy atom. The zero-order valence-corrected chi connectivity index (χ0v) is 17.5. The van der Waals surface area contributed by atoms with Gasteiger partial charge < -0.3 is 10.2 Å². The summed E-state index contributed by atoms with van der Waals surface area (Å²) in [7, 11) is 0. The molecule has 0 fully saturated rings. The lowest BCUT2D eigenvalue weighted by Gasteiger charge is -1.98. The van der Waals surface area contributed by atoms with E-state index >= 15 is 0 Å². The van der Waals surface area contributed by atoms with Crippen LogP contribution < -0.4 is 17.1 Å². The highest BCUT2D eigenvalue weighted by Crippen LogP contribution is 2.47. The summed E-state index contributed by atoms with van der Waals surface area (Å²) in [5.41, 5.74) is 0. The highest BCUT2D eigenvalue weighted by molar-refractivity contribution is 7.42. The van der Waals surface area contributed by atoms with Crippen LogP contribution >= 0.6 is 45.3 Å². The topological polar surface area (TPSA) is 46.5 Å². The molecule has 0 atom stereocenters. The molecule has 0 spiro atoms. The summed E-state index contributed by atoms with van der Waals surface area (Å²) in [6.07, 6.45) is 0. The summed E-state index contributed by atoms with van der Waals surface area (Å²) in [6.45, 7) is 12.3. The number of hydrogen-bond acceptors (Lipinski definition) is 6. The molecule has 2 N–H and O–H groups in total. The summed E-state index contributed by atoms with van der Waals surface area (Å²) in [5.74, 6) is 0.0506. The highest BCUT2D eigenvalue weighted by Gasteiger charge is 2.22. The van der Waals surface area contributed by atoms with Crippen LogP contribution in [0.2, 0.25) is 0 Å². The Balaban J connectivity index is 2.50. The zero-order chi connectivity index (χ0) is 17.4.